The zero-order chi connectivity index (χ0) is 14.7. The van der Waals surface area contributed by atoms with Crippen molar-refractivity contribution in [2.24, 2.45) is 0 Å². The normalized spacial score (nSPS) is 11.0. The fraction of sp³-hybridized carbons (Fsp3) is 0.286. The Bertz CT molecular complexity index is 652. The first-order valence-electron chi connectivity index (χ1n) is 6.32. The number of hydrogen-bond donors (Lipinski definition) is 1. The van der Waals surface area contributed by atoms with Gasteiger partial charge in [-0.15, -0.1) is 0 Å². The van der Waals surface area contributed by atoms with E-state index in [-0.39, 0.29) is 5.91 Å². The van der Waals surface area contributed by atoms with E-state index in [1.807, 2.05) is 26.8 Å². The van der Waals surface area contributed by atoms with Crippen molar-refractivity contribution in [2.45, 2.75) is 27.7 Å². The van der Waals surface area contributed by atoms with Crippen LogP contribution < -0.4 is 5.32 Å². The van der Waals surface area contributed by atoms with Crippen LogP contribution in [0.2, 0.25) is 0 Å². The first-order valence-corrected chi connectivity index (χ1v) is 6.32. The molecule has 1 N–H and O–H groups in total. The van der Waals surface area contributed by atoms with E-state index in [4.69, 9.17) is 0 Å². The summed E-state index contributed by atoms with van der Waals surface area (Å²) in [6.07, 6.45) is 3.13. The summed E-state index contributed by atoms with van der Waals surface area (Å²) in [6, 6.07) is 3.67. The monoisotopic (exact) mass is 271 g/mol. The van der Waals surface area contributed by atoms with Crippen LogP contribution in [0.5, 0.6) is 0 Å². The van der Waals surface area contributed by atoms with Crippen molar-refractivity contribution in [1.29, 1.82) is 0 Å². The Kier molecular flexibility index (Phi) is 3.93. The van der Waals surface area contributed by atoms with E-state index in [1.54, 1.807) is 19.1 Å². The summed E-state index contributed by atoms with van der Waals surface area (Å²) in [5.74, 6) is 0.792. The van der Waals surface area contributed by atoms with E-state index in [0.29, 0.717) is 11.8 Å². The van der Waals surface area contributed by atoms with Gasteiger partial charge in [0.05, 0.1) is 5.69 Å². The molecule has 2 rings (SSSR count). The molecule has 0 radical (unpaired) electrons. The summed E-state index contributed by atoms with van der Waals surface area (Å²) < 4.78 is 1.54. The molecule has 104 valence electrons. The van der Waals surface area contributed by atoms with Crippen molar-refractivity contribution in [3.63, 3.8) is 0 Å². The molecule has 0 aromatic carbocycles. The molecule has 0 aliphatic rings. The summed E-state index contributed by atoms with van der Waals surface area (Å²) in [6.45, 7) is 7.43. The third kappa shape index (κ3) is 3.09. The Morgan fingerprint density at radius 2 is 1.80 bits per heavy atom. The fourth-order valence-electron chi connectivity index (χ4n) is 1.86. The standard InChI is InChI=1S/C14H17N5O/c1-5-6-13(20)17-12-8-11(4)18-19(12)14-15-9(2)7-10(3)16-14/h5-8H,1-4H3,(H,17,20)/b6-5+. The van der Waals surface area contributed by atoms with Gasteiger partial charge < -0.3 is 5.32 Å². The summed E-state index contributed by atoms with van der Waals surface area (Å²) in [7, 11) is 0. The van der Waals surface area contributed by atoms with Crippen molar-refractivity contribution in [2.75, 3.05) is 5.32 Å². The summed E-state index contributed by atoms with van der Waals surface area (Å²) in [5.41, 5.74) is 2.49. The molecule has 2 aromatic rings. The maximum Gasteiger partial charge on any atom is 0.252 e. The second-order valence-electron chi connectivity index (χ2n) is 4.52. The average molecular weight is 271 g/mol. The van der Waals surface area contributed by atoms with Crippen LogP contribution in [0, 0.1) is 20.8 Å². The summed E-state index contributed by atoms with van der Waals surface area (Å²) in [5, 5.41) is 7.09. The Morgan fingerprint density at radius 3 is 2.40 bits per heavy atom. The molecule has 0 saturated carbocycles. The SMILES string of the molecule is C/C=C/C(=O)Nc1cc(C)nn1-c1nc(C)cc(C)n1. The first-order chi connectivity index (χ1) is 9.49. The molecule has 0 fully saturated rings. The number of rotatable bonds is 3. The minimum absolute atomic E-state index is 0.210. The van der Waals surface area contributed by atoms with Crippen LogP contribution in [0.3, 0.4) is 0 Å². The van der Waals surface area contributed by atoms with Crippen molar-refractivity contribution in [3.05, 3.63) is 41.4 Å². The maximum absolute atomic E-state index is 11.7. The Balaban J connectivity index is 2.43. The lowest BCUT2D eigenvalue weighted by molar-refractivity contribution is -0.111. The number of amides is 1. The number of anilines is 1. The molecule has 2 aromatic heterocycles. The number of nitrogens with one attached hydrogen (secondary N) is 1. The predicted octanol–water partition coefficient (Wildman–Crippen LogP) is 2.10. The number of hydrogen-bond acceptors (Lipinski definition) is 4. The molecule has 0 atom stereocenters. The molecule has 1 amide bonds. The lowest BCUT2D eigenvalue weighted by Crippen LogP contribution is -2.14. The van der Waals surface area contributed by atoms with Gasteiger partial charge >= 0.3 is 0 Å². The quantitative estimate of drug-likeness (QED) is 0.868. The minimum Gasteiger partial charge on any atom is -0.307 e. The van der Waals surface area contributed by atoms with Gasteiger partial charge in [-0.25, -0.2) is 9.97 Å². The van der Waals surface area contributed by atoms with Crippen LogP contribution in [0.25, 0.3) is 5.95 Å². The van der Waals surface area contributed by atoms with Crippen molar-refractivity contribution >= 4 is 11.7 Å². The maximum atomic E-state index is 11.7. The fourth-order valence-corrected chi connectivity index (χ4v) is 1.86. The van der Waals surface area contributed by atoms with Gasteiger partial charge in [0, 0.05) is 17.5 Å². The van der Waals surface area contributed by atoms with E-state index in [1.165, 1.54) is 10.8 Å². The Labute approximate surface area is 117 Å². The topological polar surface area (TPSA) is 72.7 Å². The number of aromatic nitrogens is 4. The highest BCUT2D eigenvalue weighted by atomic mass is 16.1. The molecule has 0 bridgehead atoms. The second-order valence-corrected chi connectivity index (χ2v) is 4.52. The van der Waals surface area contributed by atoms with Crippen molar-refractivity contribution in [1.82, 2.24) is 19.7 Å². The molecule has 0 saturated heterocycles. The van der Waals surface area contributed by atoms with E-state index < -0.39 is 0 Å². The Hall–Kier alpha value is -2.50. The third-order valence-corrected chi connectivity index (χ3v) is 2.56. The molecule has 0 unspecified atom stereocenters. The van der Waals surface area contributed by atoms with Crippen LogP contribution in [0.15, 0.2) is 24.3 Å². The summed E-state index contributed by atoms with van der Waals surface area (Å²) in [4.78, 5) is 20.4. The van der Waals surface area contributed by atoms with Gasteiger partial charge in [-0.05, 0) is 39.8 Å². The molecule has 0 aliphatic carbocycles. The molecule has 2 heterocycles. The molecular formula is C14H17N5O. The van der Waals surface area contributed by atoms with Crippen LogP contribution in [0.4, 0.5) is 5.82 Å². The highest BCUT2D eigenvalue weighted by molar-refractivity contribution is 5.98. The van der Waals surface area contributed by atoms with Crippen LogP contribution in [-0.4, -0.2) is 25.7 Å². The molecule has 0 spiro atoms. The van der Waals surface area contributed by atoms with Gasteiger partial charge in [-0.1, -0.05) is 6.08 Å². The number of carbonyl (C=O) groups excluding carboxylic acids is 1. The molecule has 20 heavy (non-hydrogen) atoms. The van der Waals surface area contributed by atoms with E-state index in [2.05, 4.69) is 20.4 Å². The summed E-state index contributed by atoms with van der Waals surface area (Å²) >= 11 is 0. The molecule has 0 aliphatic heterocycles. The van der Waals surface area contributed by atoms with Gasteiger partial charge in [-0.3, -0.25) is 4.79 Å². The van der Waals surface area contributed by atoms with E-state index in [9.17, 15) is 4.79 Å². The van der Waals surface area contributed by atoms with Gasteiger partial charge in [-0.2, -0.15) is 9.78 Å². The minimum atomic E-state index is -0.210. The van der Waals surface area contributed by atoms with Gasteiger partial charge in [0.15, 0.2) is 0 Å². The highest BCUT2D eigenvalue weighted by Gasteiger charge is 2.12. The van der Waals surface area contributed by atoms with E-state index >= 15 is 0 Å². The largest absolute Gasteiger partial charge is 0.307 e. The number of allylic oxidation sites excluding steroid dienone is 1. The molecule has 6 heteroatoms. The van der Waals surface area contributed by atoms with Crippen LogP contribution in [0.1, 0.15) is 24.0 Å². The zero-order valence-electron chi connectivity index (χ0n) is 12.0. The van der Waals surface area contributed by atoms with Crippen LogP contribution in [-0.2, 0) is 4.79 Å². The zero-order valence-corrected chi connectivity index (χ0v) is 12.0. The Morgan fingerprint density at radius 1 is 1.15 bits per heavy atom. The van der Waals surface area contributed by atoms with Gasteiger partial charge in [0.1, 0.15) is 5.82 Å². The molecule has 6 nitrogen and oxygen atoms in total. The number of carbonyl (C=O) groups is 1. The van der Waals surface area contributed by atoms with Crippen molar-refractivity contribution < 1.29 is 4.79 Å². The average Bonchev–Trinajstić information content (AvgIpc) is 2.69. The number of aryl methyl sites for hydroxylation is 3. The lowest BCUT2D eigenvalue weighted by Gasteiger charge is -2.07. The molecular weight excluding hydrogens is 254 g/mol. The smallest absolute Gasteiger partial charge is 0.252 e. The predicted molar refractivity (Wildman–Crippen MR) is 76.8 cm³/mol. The second kappa shape index (κ2) is 5.64. The number of nitrogens with zero attached hydrogens (tertiary/aromatic N) is 4. The van der Waals surface area contributed by atoms with Crippen LogP contribution >= 0.6 is 0 Å². The lowest BCUT2D eigenvalue weighted by atomic mass is 10.4. The first kappa shape index (κ1) is 13.9. The highest BCUT2D eigenvalue weighted by Crippen LogP contribution is 2.15. The van der Waals surface area contributed by atoms with Gasteiger partial charge in [0.25, 0.3) is 5.95 Å². The third-order valence-electron chi connectivity index (χ3n) is 2.56. The van der Waals surface area contributed by atoms with E-state index in [0.717, 1.165) is 17.1 Å². The van der Waals surface area contributed by atoms with Crippen molar-refractivity contribution in [3.8, 4) is 5.95 Å². The van der Waals surface area contributed by atoms with Gasteiger partial charge in [0.2, 0.25) is 5.91 Å².